The number of nitro benzene ring substituents is 1. The Balaban J connectivity index is 2.48. The van der Waals surface area contributed by atoms with Crippen molar-refractivity contribution >= 4 is 21.7 Å². The molecule has 0 aliphatic heterocycles. The molecule has 24 heavy (non-hydrogen) atoms. The number of benzene rings is 1. The molecule has 0 bridgehead atoms. The highest BCUT2D eigenvalue weighted by molar-refractivity contribution is 7.89. The van der Waals surface area contributed by atoms with Crippen molar-refractivity contribution in [3.05, 3.63) is 64.5 Å². The van der Waals surface area contributed by atoms with Gasteiger partial charge in [-0.2, -0.15) is 4.31 Å². The van der Waals surface area contributed by atoms with Crippen LogP contribution >= 0.6 is 0 Å². The van der Waals surface area contributed by atoms with Crippen molar-refractivity contribution in [2.45, 2.75) is 11.4 Å². The topological polar surface area (TPSA) is 131 Å². The van der Waals surface area contributed by atoms with E-state index in [9.17, 15) is 23.3 Å². The lowest BCUT2D eigenvalue weighted by Crippen LogP contribution is -2.35. The van der Waals surface area contributed by atoms with Gasteiger partial charge in [-0.1, -0.05) is 12.1 Å². The summed E-state index contributed by atoms with van der Waals surface area (Å²) in [4.78, 5) is 24.5. The van der Waals surface area contributed by atoms with Gasteiger partial charge in [-0.25, -0.2) is 8.42 Å². The zero-order valence-corrected chi connectivity index (χ0v) is 13.1. The van der Waals surface area contributed by atoms with E-state index in [4.69, 9.17) is 5.11 Å². The van der Waals surface area contributed by atoms with Crippen molar-refractivity contribution in [2.75, 3.05) is 6.54 Å². The fourth-order valence-electron chi connectivity index (χ4n) is 2.03. The number of nitrogens with zero attached hydrogens (tertiary/aromatic N) is 3. The summed E-state index contributed by atoms with van der Waals surface area (Å²) in [6, 6.07) is 7.87. The number of hydrogen-bond acceptors (Lipinski definition) is 6. The molecule has 2 rings (SSSR count). The Kier molecular flexibility index (Phi) is 5.21. The van der Waals surface area contributed by atoms with E-state index < -0.39 is 38.0 Å². The summed E-state index contributed by atoms with van der Waals surface area (Å²) in [5.74, 6) is -1.37. The molecule has 10 heteroatoms. The van der Waals surface area contributed by atoms with E-state index in [-0.39, 0.29) is 6.54 Å². The first kappa shape index (κ1) is 17.5. The van der Waals surface area contributed by atoms with E-state index in [1.54, 1.807) is 0 Å². The largest absolute Gasteiger partial charge is 0.480 e. The van der Waals surface area contributed by atoms with E-state index in [1.165, 1.54) is 36.7 Å². The third-order valence-corrected chi connectivity index (χ3v) is 4.94. The van der Waals surface area contributed by atoms with Crippen molar-refractivity contribution in [3.63, 3.8) is 0 Å². The zero-order chi connectivity index (χ0) is 17.7. The Labute approximate surface area is 137 Å². The summed E-state index contributed by atoms with van der Waals surface area (Å²) < 4.78 is 26.2. The zero-order valence-electron chi connectivity index (χ0n) is 12.3. The highest BCUT2D eigenvalue weighted by atomic mass is 32.2. The second-order valence-electron chi connectivity index (χ2n) is 4.75. The molecule has 2 aromatic rings. The SMILES string of the molecule is O=C(O)CN(Cc1ccncc1)S(=O)(=O)c1ccccc1[N+](=O)[O-]. The van der Waals surface area contributed by atoms with Gasteiger partial charge in [-0.05, 0) is 23.8 Å². The Morgan fingerprint density at radius 3 is 2.42 bits per heavy atom. The van der Waals surface area contributed by atoms with Crippen LogP contribution < -0.4 is 0 Å². The first-order valence-corrected chi connectivity index (χ1v) is 8.10. The van der Waals surface area contributed by atoms with E-state index >= 15 is 0 Å². The smallest absolute Gasteiger partial charge is 0.318 e. The molecule has 1 aromatic carbocycles. The molecule has 0 saturated carbocycles. The number of carbonyl (C=O) groups is 1. The van der Waals surface area contributed by atoms with Crippen LogP contribution in [0.4, 0.5) is 5.69 Å². The van der Waals surface area contributed by atoms with Gasteiger partial charge in [0.1, 0.15) is 6.54 Å². The number of nitro groups is 1. The maximum absolute atomic E-state index is 12.7. The molecule has 0 aliphatic rings. The molecule has 1 heterocycles. The Morgan fingerprint density at radius 1 is 1.21 bits per heavy atom. The third-order valence-electron chi connectivity index (χ3n) is 3.10. The van der Waals surface area contributed by atoms with Gasteiger partial charge in [0, 0.05) is 25.0 Å². The van der Waals surface area contributed by atoms with Crippen molar-refractivity contribution in [2.24, 2.45) is 0 Å². The highest BCUT2D eigenvalue weighted by Crippen LogP contribution is 2.27. The van der Waals surface area contributed by atoms with E-state index in [2.05, 4.69) is 4.98 Å². The Bertz CT molecular complexity index is 854. The number of rotatable bonds is 7. The number of carboxylic acid groups (broad SMARTS) is 1. The Hall–Kier alpha value is -2.85. The van der Waals surface area contributed by atoms with Crippen molar-refractivity contribution in [1.29, 1.82) is 0 Å². The molecule has 0 fully saturated rings. The number of aromatic nitrogens is 1. The standard InChI is InChI=1S/C14H13N3O6S/c18-14(19)10-16(9-11-5-7-15-8-6-11)24(22,23)13-4-2-1-3-12(13)17(20)21/h1-8H,9-10H2,(H,18,19). The fraction of sp³-hybridized carbons (Fsp3) is 0.143. The van der Waals surface area contributed by atoms with Gasteiger partial charge in [0.05, 0.1) is 4.92 Å². The van der Waals surface area contributed by atoms with E-state index in [0.717, 1.165) is 12.1 Å². The van der Waals surface area contributed by atoms with Gasteiger partial charge in [-0.15, -0.1) is 0 Å². The lowest BCUT2D eigenvalue weighted by Gasteiger charge is -2.20. The number of pyridine rings is 1. The van der Waals surface area contributed by atoms with Gasteiger partial charge in [0.2, 0.25) is 0 Å². The third kappa shape index (κ3) is 3.91. The molecule has 0 atom stereocenters. The maximum atomic E-state index is 12.7. The maximum Gasteiger partial charge on any atom is 0.318 e. The minimum atomic E-state index is -4.38. The predicted molar refractivity (Wildman–Crippen MR) is 82.6 cm³/mol. The van der Waals surface area contributed by atoms with Crippen LogP contribution in [0.1, 0.15) is 5.56 Å². The second kappa shape index (κ2) is 7.15. The van der Waals surface area contributed by atoms with Gasteiger partial charge in [0.25, 0.3) is 15.7 Å². The van der Waals surface area contributed by atoms with Crippen LogP contribution in [0.3, 0.4) is 0 Å². The van der Waals surface area contributed by atoms with Crippen molar-refractivity contribution in [1.82, 2.24) is 9.29 Å². The number of para-hydroxylation sites is 1. The van der Waals surface area contributed by atoms with Crippen LogP contribution in [0, 0.1) is 10.1 Å². The van der Waals surface area contributed by atoms with Crippen molar-refractivity contribution in [3.8, 4) is 0 Å². The lowest BCUT2D eigenvalue weighted by atomic mass is 10.3. The quantitative estimate of drug-likeness (QED) is 0.587. The van der Waals surface area contributed by atoms with Crippen LogP contribution in [0.5, 0.6) is 0 Å². The molecule has 0 amide bonds. The van der Waals surface area contributed by atoms with Crippen LogP contribution in [0.25, 0.3) is 0 Å². The first-order chi connectivity index (χ1) is 11.3. The number of sulfonamides is 1. The van der Waals surface area contributed by atoms with Crippen LogP contribution in [-0.4, -0.2) is 40.3 Å². The number of aliphatic carboxylic acids is 1. The minimum absolute atomic E-state index is 0.247. The minimum Gasteiger partial charge on any atom is -0.480 e. The van der Waals surface area contributed by atoms with E-state index in [1.807, 2.05) is 0 Å². The van der Waals surface area contributed by atoms with Crippen LogP contribution in [0.15, 0.2) is 53.7 Å². The molecule has 0 unspecified atom stereocenters. The monoisotopic (exact) mass is 351 g/mol. The summed E-state index contributed by atoms with van der Waals surface area (Å²) in [7, 11) is -4.38. The predicted octanol–water partition coefficient (Wildman–Crippen LogP) is 1.27. The summed E-state index contributed by atoms with van der Waals surface area (Å²) in [5, 5.41) is 20.1. The average molecular weight is 351 g/mol. The van der Waals surface area contributed by atoms with Crippen LogP contribution in [0.2, 0.25) is 0 Å². The molecule has 0 saturated heterocycles. The van der Waals surface area contributed by atoms with Gasteiger partial charge in [0.15, 0.2) is 4.90 Å². The number of hydrogen-bond donors (Lipinski definition) is 1. The number of carboxylic acids is 1. The second-order valence-corrected chi connectivity index (χ2v) is 6.65. The average Bonchev–Trinajstić information content (AvgIpc) is 2.54. The molecule has 0 spiro atoms. The first-order valence-electron chi connectivity index (χ1n) is 6.66. The van der Waals surface area contributed by atoms with Crippen LogP contribution in [-0.2, 0) is 21.4 Å². The summed E-state index contributed by atoms with van der Waals surface area (Å²) in [5.41, 5.74) is -0.101. The lowest BCUT2D eigenvalue weighted by molar-refractivity contribution is -0.387. The van der Waals surface area contributed by atoms with E-state index in [0.29, 0.717) is 9.87 Å². The van der Waals surface area contributed by atoms with Gasteiger partial charge < -0.3 is 5.11 Å². The molecular formula is C14H13N3O6S. The summed E-state index contributed by atoms with van der Waals surface area (Å²) in [6.45, 7) is -1.07. The van der Waals surface area contributed by atoms with Gasteiger partial charge in [-0.3, -0.25) is 19.9 Å². The van der Waals surface area contributed by atoms with Gasteiger partial charge >= 0.3 is 5.97 Å². The molecule has 9 nitrogen and oxygen atoms in total. The molecule has 0 aliphatic carbocycles. The summed E-state index contributed by atoms with van der Waals surface area (Å²) in [6.07, 6.45) is 2.87. The van der Waals surface area contributed by atoms with Crippen molar-refractivity contribution < 1.29 is 23.2 Å². The normalized spacial score (nSPS) is 11.4. The molecule has 1 aromatic heterocycles. The molecular weight excluding hydrogens is 338 g/mol. The Morgan fingerprint density at radius 2 is 1.83 bits per heavy atom. The summed E-state index contributed by atoms with van der Waals surface area (Å²) >= 11 is 0. The molecule has 0 radical (unpaired) electrons. The fourth-order valence-corrected chi connectivity index (χ4v) is 3.57. The molecule has 126 valence electrons. The highest BCUT2D eigenvalue weighted by Gasteiger charge is 2.32. The molecule has 1 N–H and O–H groups in total.